The van der Waals surface area contributed by atoms with Crippen LogP contribution in [0, 0.1) is 0 Å². The number of carbonyl (C=O) groups is 1. The summed E-state index contributed by atoms with van der Waals surface area (Å²) in [7, 11) is 0. The topological polar surface area (TPSA) is 49.4 Å². The first-order chi connectivity index (χ1) is 17.0. The molecule has 0 spiro atoms. The van der Waals surface area contributed by atoms with Gasteiger partial charge >= 0.3 is 0 Å². The average molecular weight is 493 g/mol. The molecule has 0 aliphatic heterocycles. The van der Waals surface area contributed by atoms with Gasteiger partial charge in [0.05, 0.1) is 18.0 Å². The molecule has 0 unspecified atom stereocenters. The van der Waals surface area contributed by atoms with Gasteiger partial charge in [0.2, 0.25) is 0 Å². The van der Waals surface area contributed by atoms with Crippen LogP contribution in [0.25, 0.3) is 0 Å². The summed E-state index contributed by atoms with van der Waals surface area (Å²) in [5.74, 6) is -0.0830. The van der Waals surface area contributed by atoms with Gasteiger partial charge in [0, 0.05) is 0 Å². The summed E-state index contributed by atoms with van der Waals surface area (Å²) in [6.07, 6.45) is 9.76. The van der Waals surface area contributed by atoms with E-state index in [2.05, 4.69) is 19.6 Å². The fourth-order valence-corrected chi connectivity index (χ4v) is 4.37. The highest BCUT2D eigenvalue weighted by atomic mass is 32.1. The van der Waals surface area contributed by atoms with E-state index in [1.54, 1.807) is 0 Å². The van der Waals surface area contributed by atoms with Crippen LogP contribution >= 0.6 is 0 Å². The van der Waals surface area contributed by atoms with E-state index in [1.165, 1.54) is 44.9 Å². The van der Waals surface area contributed by atoms with Gasteiger partial charge in [0.1, 0.15) is 5.75 Å². The van der Waals surface area contributed by atoms with Gasteiger partial charge in [-0.1, -0.05) is 113 Å². The molecule has 0 N–H and O–H groups in total. The van der Waals surface area contributed by atoms with Crippen LogP contribution in [0.4, 0.5) is 0 Å². The van der Waals surface area contributed by atoms with Crippen LogP contribution < -0.4 is 9.84 Å². The Morgan fingerprint density at radius 3 is 1.69 bits per heavy atom. The third-order valence-corrected chi connectivity index (χ3v) is 6.62. The molecular formula is C31H40O3S. The van der Waals surface area contributed by atoms with Gasteiger partial charge in [0.25, 0.3) is 0 Å². The molecule has 188 valence electrons. The molecule has 0 fully saturated rings. The molecule has 3 aromatic carbocycles. The van der Waals surface area contributed by atoms with Gasteiger partial charge in [-0.2, -0.15) is 0 Å². The van der Waals surface area contributed by atoms with Crippen molar-refractivity contribution >= 4 is 18.6 Å². The van der Waals surface area contributed by atoms with Crippen LogP contribution in [0.15, 0.2) is 89.8 Å². The van der Waals surface area contributed by atoms with Gasteiger partial charge in [-0.3, -0.25) is 0 Å². The van der Waals surface area contributed by atoms with Crippen molar-refractivity contribution < 1.29 is 14.6 Å². The van der Waals surface area contributed by atoms with Crippen LogP contribution in [0.3, 0.4) is 0 Å². The summed E-state index contributed by atoms with van der Waals surface area (Å²) < 4.78 is 5.67. The lowest BCUT2D eigenvalue weighted by molar-refractivity contribution is -0.312. The smallest absolute Gasteiger partial charge is 0.150 e. The first-order valence-corrected chi connectivity index (χ1v) is 13.3. The van der Waals surface area contributed by atoms with E-state index in [0.717, 1.165) is 28.4 Å². The minimum atomic E-state index is -1.07. The molecule has 0 amide bonds. The average Bonchev–Trinajstić information content (AvgIpc) is 2.89. The Kier molecular flexibility index (Phi) is 13.1. The maximum atomic E-state index is 11.7. The van der Waals surface area contributed by atoms with Crippen LogP contribution in [0.1, 0.15) is 76.3 Å². The van der Waals surface area contributed by atoms with E-state index < -0.39 is 11.4 Å². The SMILES string of the molecule is CCC(C(=O)[O-])(c1ccccc1)c1ccccc1.CCCCCCCCCOc1ccc([SH2+])cc1. The normalized spacial score (nSPS) is 10.8. The summed E-state index contributed by atoms with van der Waals surface area (Å²) in [4.78, 5) is 12.8. The number of rotatable bonds is 13. The molecule has 0 bridgehead atoms. The third-order valence-electron chi connectivity index (χ3n) is 6.28. The summed E-state index contributed by atoms with van der Waals surface area (Å²) in [5, 5.41) is 11.7. The molecule has 0 radical (unpaired) electrons. The van der Waals surface area contributed by atoms with Crippen LogP contribution in [0.5, 0.6) is 5.75 Å². The van der Waals surface area contributed by atoms with Crippen molar-refractivity contribution in [3.05, 3.63) is 96.1 Å². The Hall–Kier alpha value is -2.72. The van der Waals surface area contributed by atoms with Crippen molar-refractivity contribution in [3.63, 3.8) is 0 Å². The fraction of sp³-hybridized carbons (Fsp3) is 0.387. The Morgan fingerprint density at radius 2 is 1.23 bits per heavy atom. The van der Waals surface area contributed by atoms with E-state index in [0.29, 0.717) is 6.42 Å². The number of unbranched alkanes of at least 4 members (excludes halogenated alkanes) is 6. The second kappa shape index (κ2) is 16.0. The minimum absolute atomic E-state index is 0.462. The maximum Gasteiger partial charge on any atom is 0.150 e. The molecule has 0 aliphatic carbocycles. The molecule has 0 aliphatic rings. The molecule has 0 atom stereocenters. The second-order valence-electron chi connectivity index (χ2n) is 8.77. The maximum absolute atomic E-state index is 11.7. The monoisotopic (exact) mass is 492 g/mol. The lowest BCUT2D eigenvalue weighted by Gasteiger charge is -2.35. The molecule has 0 saturated heterocycles. The molecular weight excluding hydrogens is 452 g/mol. The zero-order valence-corrected chi connectivity index (χ0v) is 22.2. The number of hydrogen-bond acceptors (Lipinski definition) is 3. The first-order valence-electron chi connectivity index (χ1n) is 12.8. The standard InChI is InChI=1S/C16H16O2.C15H24OS/c1-2-16(15(17)18,13-9-5-3-6-10-13)14-11-7-4-8-12-14;1-2-3-4-5-6-7-8-13-16-14-9-11-15(17)12-10-14/h3-12H,2H2,1H3,(H,17,18);9-12,17H,2-8,13H2,1H3. The van der Waals surface area contributed by atoms with Crippen molar-refractivity contribution in [1.29, 1.82) is 0 Å². The van der Waals surface area contributed by atoms with Crippen molar-refractivity contribution in [2.24, 2.45) is 0 Å². The highest BCUT2D eigenvalue weighted by Crippen LogP contribution is 2.35. The lowest BCUT2D eigenvalue weighted by Crippen LogP contribution is -2.46. The molecule has 3 aromatic rings. The molecule has 0 aromatic heterocycles. The minimum Gasteiger partial charge on any atom is -0.549 e. The lowest BCUT2D eigenvalue weighted by atomic mass is 9.72. The number of carbonyl (C=O) groups excluding carboxylic acids is 1. The van der Waals surface area contributed by atoms with Crippen molar-refractivity contribution in [1.82, 2.24) is 0 Å². The van der Waals surface area contributed by atoms with E-state index >= 15 is 0 Å². The van der Waals surface area contributed by atoms with E-state index in [4.69, 9.17) is 4.74 Å². The molecule has 3 nitrogen and oxygen atoms in total. The predicted molar refractivity (Wildman–Crippen MR) is 147 cm³/mol. The summed E-state index contributed by atoms with van der Waals surface area (Å²) in [6.45, 7) is 4.97. The number of aliphatic carboxylic acids is 1. The van der Waals surface area contributed by atoms with Gasteiger partial charge in [-0.05, 0) is 60.9 Å². The Bertz CT molecular complexity index is 916. The highest BCUT2D eigenvalue weighted by molar-refractivity contribution is 7.58. The van der Waals surface area contributed by atoms with E-state index in [1.807, 2.05) is 91.9 Å². The molecule has 0 saturated carbocycles. The van der Waals surface area contributed by atoms with Crippen molar-refractivity contribution in [2.75, 3.05) is 6.61 Å². The largest absolute Gasteiger partial charge is 0.549 e. The van der Waals surface area contributed by atoms with Crippen LogP contribution in [0.2, 0.25) is 0 Å². The Morgan fingerprint density at radius 1 is 0.743 bits per heavy atom. The Balaban J connectivity index is 0.000000247. The number of ether oxygens (including phenoxy) is 1. The molecule has 3 rings (SSSR count). The van der Waals surface area contributed by atoms with Crippen molar-refractivity contribution in [3.8, 4) is 5.75 Å². The first kappa shape index (κ1) is 28.5. The Labute approximate surface area is 217 Å². The molecule has 35 heavy (non-hydrogen) atoms. The zero-order chi connectivity index (χ0) is 25.4. The number of carboxylic acids is 1. The quantitative estimate of drug-likeness (QED) is 0.207. The highest BCUT2D eigenvalue weighted by Gasteiger charge is 2.33. The summed E-state index contributed by atoms with van der Waals surface area (Å²) >= 11 is 3.46. The van der Waals surface area contributed by atoms with Crippen LogP contribution in [-0.2, 0) is 22.8 Å². The van der Waals surface area contributed by atoms with Crippen LogP contribution in [-0.4, -0.2) is 12.6 Å². The third kappa shape index (κ3) is 9.10. The molecule has 4 heteroatoms. The number of benzene rings is 3. The fourth-order valence-electron chi connectivity index (χ4n) is 4.20. The summed E-state index contributed by atoms with van der Waals surface area (Å²) in [5.41, 5.74) is 0.458. The zero-order valence-electron chi connectivity index (χ0n) is 21.2. The van der Waals surface area contributed by atoms with E-state index in [-0.39, 0.29) is 0 Å². The number of hydrogen-bond donors (Lipinski definition) is 0. The van der Waals surface area contributed by atoms with Gasteiger partial charge in [-0.25, -0.2) is 0 Å². The predicted octanol–water partition coefficient (Wildman–Crippen LogP) is 6.32. The van der Waals surface area contributed by atoms with Gasteiger partial charge in [-0.15, -0.1) is 0 Å². The van der Waals surface area contributed by atoms with Gasteiger partial charge < -0.3 is 14.6 Å². The van der Waals surface area contributed by atoms with Gasteiger partial charge in [0.15, 0.2) is 4.90 Å². The van der Waals surface area contributed by atoms with E-state index in [9.17, 15) is 9.90 Å². The summed E-state index contributed by atoms with van der Waals surface area (Å²) in [6, 6.07) is 26.6. The van der Waals surface area contributed by atoms with Crippen molar-refractivity contribution in [2.45, 2.75) is 75.5 Å². The second-order valence-corrected chi connectivity index (χ2v) is 9.35. The molecule has 0 heterocycles. The number of carboxylic acid groups (broad SMARTS) is 1.